The topological polar surface area (TPSA) is 113 Å². The number of ether oxygens (including phenoxy) is 1. The minimum absolute atomic E-state index is 0.0458. The van der Waals surface area contributed by atoms with Gasteiger partial charge in [0.2, 0.25) is 0 Å². The monoisotopic (exact) mass is 621 g/mol. The van der Waals surface area contributed by atoms with Crippen LogP contribution in [-0.4, -0.2) is 85.7 Å². The summed E-state index contributed by atoms with van der Waals surface area (Å²) in [5.74, 6) is 0.194. The Balaban J connectivity index is 0.00000148. The summed E-state index contributed by atoms with van der Waals surface area (Å²) in [4.78, 5) is 27.6. The SMILES string of the molecule is CC.CC.COc1cc(C(=O)N2CCN(C)CC2)ccc1N=C(N)/C=C1\C(N)=NCCN1Cc1c(Cl)ccc(F)c1Cl. The molecule has 0 aliphatic carbocycles. The lowest BCUT2D eigenvalue weighted by molar-refractivity contribution is 0.0664. The number of piperazine rings is 1. The lowest BCUT2D eigenvalue weighted by Gasteiger charge is -2.32. The van der Waals surface area contributed by atoms with E-state index in [0.29, 0.717) is 59.5 Å². The van der Waals surface area contributed by atoms with Crippen LogP contribution in [0.5, 0.6) is 5.75 Å². The quantitative estimate of drug-likeness (QED) is 0.256. The highest BCUT2D eigenvalue weighted by molar-refractivity contribution is 6.36. The van der Waals surface area contributed by atoms with E-state index in [-0.39, 0.29) is 29.1 Å². The second-order valence-corrected chi connectivity index (χ2v) is 9.84. The van der Waals surface area contributed by atoms with Crippen LogP contribution in [0.2, 0.25) is 10.0 Å². The maximum absolute atomic E-state index is 14.1. The van der Waals surface area contributed by atoms with Crippen molar-refractivity contribution in [3.63, 3.8) is 0 Å². The fraction of sp³-hybridized carbons (Fsp3) is 0.433. The van der Waals surface area contributed by atoms with E-state index in [0.717, 1.165) is 13.1 Å². The summed E-state index contributed by atoms with van der Waals surface area (Å²) in [5.41, 5.74) is 14.4. The molecule has 0 radical (unpaired) electrons. The number of rotatable bonds is 6. The summed E-state index contributed by atoms with van der Waals surface area (Å²) in [6.45, 7) is 12.1. The molecule has 2 aromatic carbocycles. The van der Waals surface area contributed by atoms with Crippen molar-refractivity contribution in [3.05, 3.63) is 69.1 Å². The van der Waals surface area contributed by atoms with Gasteiger partial charge in [0, 0.05) is 61.5 Å². The van der Waals surface area contributed by atoms with Gasteiger partial charge < -0.3 is 30.9 Å². The van der Waals surface area contributed by atoms with Gasteiger partial charge >= 0.3 is 0 Å². The van der Waals surface area contributed by atoms with E-state index in [1.807, 2.05) is 44.5 Å². The summed E-state index contributed by atoms with van der Waals surface area (Å²) >= 11 is 12.5. The first kappa shape index (κ1) is 34.9. The first-order valence-electron chi connectivity index (χ1n) is 14.1. The molecule has 230 valence electrons. The molecule has 1 fully saturated rings. The number of halogens is 3. The number of carbonyl (C=O) groups is 1. The third-order valence-electron chi connectivity index (χ3n) is 6.49. The molecule has 0 unspecified atom stereocenters. The van der Waals surface area contributed by atoms with Gasteiger partial charge in [-0.2, -0.15) is 0 Å². The van der Waals surface area contributed by atoms with Gasteiger partial charge in [0.15, 0.2) is 0 Å². The average Bonchev–Trinajstić information content (AvgIpc) is 3.01. The Morgan fingerprint density at radius 1 is 1.10 bits per heavy atom. The lowest BCUT2D eigenvalue weighted by Crippen LogP contribution is -2.47. The lowest BCUT2D eigenvalue weighted by atomic mass is 10.1. The van der Waals surface area contributed by atoms with Crippen molar-refractivity contribution in [2.45, 2.75) is 34.2 Å². The maximum Gasteiger partial charge on any atom is 0.254 e. The van der Waals surface area contributed by atoms with Crippen LogP contribution in [-0.2, 0) is 6.54 Å². The van der Waals surface area contributed by atoms with Crippen molar-refractivity contribution in [2.75, 3.05) is 53.4 Å². The van der Waals surface area contributed by atoms with E-state index in [1.165, 1.54) is 19.2 Å². The number of amidine groups is 2. The van der Waals surface area contributed by atoms with E-state index < -0.39 is 5.82 Å². The van der Waals surface area contributed by atoms with Gasteiger partial charge in [-0.3, -0.25) is 9.79 Å². The summed E-state index contributed by atoms with van der Waals surface area (Å²) in [7, 11) is 3.54. The molecule has 12 heteroatoms. The molecule has 0 bridgehead atoms. The zero-order valence-corrected chi connectivity index (χ0v) is 26.8. The maximum atomic E-state index is 14.1. The number of methoxy groups -OCH3 is 1. The van der Waals surface area contributed by atoms with Crippen LogP contribution >= 0.6 is 23.2 Å². The molecule has 2 heterocycles. The van der Waals surface area contributed by atoms with E-state index in [9.17, 15) is 9.18 Å². The highest BCUT2D eigenvalue weighted by atomic mass is 35.5. The molecule has 9 nitrogen and oxygen atoms in total. The number of aliphatic imine (C=N–C) groups is 2. The number of nitrogens with zero attached hydrogens (tertiary/aromatic N) is 5. The van der Waals surface area contributed by atoms with Crippen molar-refractivity contribution < 1.29 is 13.9 Å². The van der Waals surface area contributed by atoms with Gasteiger partial charge in [-0.15, -0.1) is 0 Å². The summed E-state index contributed by atoms with van der Waals surface area (Å²) in [6, 6.07) is 7.74. The number of hydrogen-bond donors (Lipinski definition) is 2. The van der Waals surface area contributed by atoms with Crippen molar-refractivity contribution in [1.29, 1.82) is 0 Å². The summed E-state index contributed by atoms with van der Waals surface area (Å²) in [6.07, 6.45) is 1.59. The second kappa shape index (κ2) is 16.9. The molecule has 1 saturated heterocycles. The Morgan fingerprint density at radius 2 is 1.76 bits per heavy atom. The molecule has 0 aromatic heterocycles. The van der Waals surface area contributed by atoms with Crippen molar-refractivity contribution in [2.24, 2.45) is 21.5 Å². The fourth-order valence-electron chi connectivity index (χ4n) is 4.30. The van der Waals surface area contributed by atoms with Crippen molar-refractivity contribution >= 4 is 46.5 Å². The van der Waals surface area contributed by atoms with Gasteiger partial charge in [0.05, 0.1) is 24.4 Å². The van der Waals surface area contributed by atoms with Crippen LogP contribution < -0.4 is 16.2 Å². The summed E-state index contributed by atoms with van der Waals surface area (Å²) < 4.78 is 19.6. The second-order valence-electron chi connectivity index (χ2n) is 9.06. The predicted molar refractivity (Wildman–Crippen MR) is 172 cm³/mol. The molecule has 2 aromatic rings. The minimum atomic E-state index is -0.557. The first-order chi connectivity index (χ1) is 20.2. The molecule has 2 aliphatic heterocycles. The number of benzene rings is 2. The number of nitrogens with two attached hydrogens (primary N) is 2. The van der Waals surface area contributed by atoms with Gasteiger partial charge in [-0.25, -0.2) is 9.38 Å². The zero-order chi connectivity index (χ0) is 31.4. The van der Waals surface area contributed by atoms with E-state index in [4.69, 9.17) is 39.4 Å². The molecule has 0 spiro atoms. The molecule has 4 rings (SSSR count). The molecular weight excluding hydrogens is 580 g/mol. The summed E-state index contributed by atoms with van der Waals surface area (Å²) in [5, 5.41) is 0.296. The van der Waals surface area contributed by atoms with Gasteiger partial charge in [0.25, 0.3) is 5.91 Å². The van der Waals surface area contributed by atoms with Crippen LogP contribution in [0.15, 0.2) is 52.1 Å². The van der Waals surface area contributed by atoms with Crippen LogP contribution in [0.1, 0.15) is 43.6 Å². The Kier molecular flexibility index (Phi) is 14.1. The molecule has 1 amide bonds. The first-order valence-corrected chi connectivity index (χ1v) is 14.8. The third-order valence-corrected chi connectivity index (χ3v) is 7.26. The average molecular weight is 623 g/mol. The van der Waals surface area contributed by atoms with Gasteiger partial charge in [0.1, 0.15) is 28.9 Å². The Labute approximate surface area is 258 Å². The van der Waals surface area contributed by atoms with E-state index >= 15 is 0 Å². The fourth-order valence-corrected chi connectivity index (χ4v) is 4.79. The van der Waals surface area contributed by atoms with Crippen molar-refractivity contribution in [1.82, 2.24) is 14.7 Å². The normalized spacial score (nSPS) is 16.6. The highest BCUT2D eigenvalue weighted by Gasteiger charge is 2.23. The largest absolute Gasteiger partial charge is 0.494 e. The third kappa shape index (κ3) is 8.83. The molecular formula is C30H42Cl2FN7O2. The van der Waals surface area contributed by atoms with Crippen LogP contribution in [0, 0.1) is 5.82 Å². The molecule has 42 heavy (non-hydrogen) atoms. The Bertz CT molecular complexity index is 1310. The standard InChI is InChI=1S/C26H30Cl2FN7O2.2C2H6/c1-34-9-11-35(12-10-34)26(37)16-3-6-20(22(13-16)38-2)33-23(30)14-21-25(31)32-7-8-36(21)15-17-18(27)4-5-19(29)24(17)28;2*1-2/h3-6,13-14H,7-12,15H2,1-2H3,(H2,30,33)(H2,31,32);2*1-2H3/b21-14+;;. The Morgan fingerprint density at radius 3 is 2.40 bits per heavy atom. The Hall–Kier alpha value is -3.34. The zero-order valence-electron chi connectivity index (χ0n) is 25.3. The van der Waals surface area contributed by atoms with E-state index in [1.54, 1.807) is 24.3 Å². The smallest absolute Gasteiger partial charge is 0.254 e. The molecule has 0 atom stereocenters. The minimum Gasteiger partial charge on any atom is -0.494 e. The van der Waals surface area contributed by atoms with Crippen LogP contribution in [0.25, 0.3) is 0 Å². The number of carbonyl (C=O) groups excluding carboxylic acids is 1. The van der Waals surface area contributed by atoms with Gasteiger partial charge in [-0.05, 0) is 37.4 Å². The van der Waals surface area contributed by atoms with Crippen LogP contribution in [0.3, 0.4) is 0 Å². The van der Waals surface area contributed by atoms with Gasteiger partial charge in [-0.1, -0.05) is 50.9 Å². The van der Waals surface area contributed by atoms with Crippen molar-refractivity contribution in [3.8, 4) is 5.75 Å². The molecule has 0 saturated carbocycles. The molecule has 4 N–H and O–H groups in total. The highest BCUT2D eigenvalue weighted by Crippen LogP contribution is 2.31. The number of hydrogen-bond acceptors (Lipinski definition) is 7. The molecule has 2 aliphatic rings. The number of amides is 1. The van der Waals surface area contributed by atoms with E-state index in [2.05, 4.69) is 14.9 Å². The predicted octanol–water partition coefficient (Wildman–Crippen LogP) is 5.33. The van der Waals surface area contributed by atoms with Crippen LogP contribution in [0.4, 0.5) is 10.1 Å². The number of likely N-dealkylation sites (N-methyl/N-ethyl adjacent to an activating group) is 1.